The molecule has 4 nitrogen and oxygen atoms in total. The summed E-state index contributed by atoms with van der Waals surface area (Å²) < 4.78 is 0. The lowest BCUT2D eigenvalue weighted by molar-refractivity contribution is -0.139. The van der Waals surface area contributed by atoms with Crippen LogP contribution in [0.3, 0.4) is 0 Å². The van der Waals surface area contributed by atoms with Crippen molar-refractivity contribution in [2.75, 3.05) is 34.2 Å². The van der Waals surface area contributed by atoms with Crippen LogP contribution in [0.15, 0.2) is 0 Å². The van der Waals surface area contributed by atoms with E-state index in [0.717, 1.165) is 25.9 Å². The monoisotopic (exact) mass is 227 g/mol. The molecular weight excluding hydrogens is 202 g/mol. The molecule has 0 aliphatic heterocycles. The normalized spacial score (nSPS) is 17.8. The van der Waals surface area contributed by atoms with Crippen LogP contribution in [0.25, 0.3) is 0 Å². The predicted octanol–water partition coefficient (Wildman–Crippen LogP) is 1.09. The Morgan fingerprint density at radius 3 is 2.31 bits per heavy atom. The summed E-state index contributed by atoms with van der Waals surface area (Å²) in [6.45, 7) is 1.66. The molecule has 1 fully saturated rings. The van der Waals surface area contributed by atoms with Crippen LogP contribution in [0.5, 0.6) is 0 Å². The summed E-state index contributed by atoms with van der Waals surface area (Å²) >= 11 is 0. The molecular formula is C12H25N3O. The standard InChI is InChI=1S/C12H25N3O/c1-13-15(10-9-14(2)3)12(16)11-7-5-4-6-8-11/h11,13H,4-10H2,1-3H3. The Hall–Kier alpha value is -0.610. The summed E-state index contributed by atoms with van der Waals surface area (Å²) in [5, 5.41) is 1.77. The fourth-order valence-corrected chi connectivity index (χ4v) is 2.20. The second-order valence-corrected chi connectivity index (χ2v) is 4.85. The van der Waals surface area contributed by atoms with E-state index in [4.69, 9.17) is 0 Å². The van der Waals surface area contributed by atoms with Gasteiger partial charge in [0.15, 0.2) is 0 Å². The second-order valence-electron chi connectivity index (χ2n) is 4.85. The Bertz CT molecular complexity index is 212. The van der Waals surface area contributed by atoms with Gasteiger partial charge in [-0.15, -0.1) is 0 Å². The molecule has 0 bridgehead atoms. The molecule has 0 radical (unpaired) electrons. The number of carbonyl (C=O) groups excluding carboxylic acids is 1. The van der Waals surface area contributed by atoms with E-state index < -0.39 is 0 Å². The fraction of sp³-hybridized carbons (Fsp3) is 0.917. The van der Waals surface area contributed by atoms with Crippen molar-refractivity contribution >= 4 is 5.91 Å². The van der Waals surface area contributed by atoms with E-state index in [1.54, 1.807) is 5.01 Å². The molecule has 16 heavy (non-hydrogen) atoms. The van der Waals surface area contributed by atoms with Crippen LogP contribution in [-0.4, -0.2) is 50.0 Å². The topological polar surface area (TPSA) is 35.6 Å². The highest BCUT2D eigenvalue weighted by Gasteiger charge is 2.25. The van der Waals surface area contributed by atoms with Gasteiger partial charge < -0.3 is 4.90 Å². The molecule has 0 unspecified atom stereocenters. The minimum atomic E-state index is 0.253. The number of nitrogens with one attached hydrogen (secondary N) is 1. The van der Waals surface area contributed by atoms with Gasteiger partial charge in [0.1, 0.15) is 0 Å². The number of hydrogen-bond acceptors (Lipinski definition) is 3. The summed E-state index contributed by atoms with van der Waals surface area (Å²) in [5.41, 5.74) is 3.01. The lowest BCUT2D eigenvalue weighted by Gasteiger charge is -2.29. The van der Waals surface area contributed by atoms with E-state index in [1.807, 2.05) is 21.1 Å². The van der Waals surface area contributed by atoms with Gasteiger partial charge in [-0.3, -0.25) is 9.80 Å². The van der Waals surface area contributed by atoms with Crippen molar-refractivity contribution in [2.24, 2.45) is 5.92 Å². The molecule has 0 atom stereocenters. The Labute approximate surface area is 98.9 Å². The van der Waals surface area contributed by atoms with Gasteiger partial charge in [-0.05, 0) is 26.9 Å². The average molecular weight is 227 g/mol. The van der Waals surface area contributed by atoms with Gasteiger partial charge in [0, 0.05) is 26.1 Å². The van der Waals surface area contributed by atoms with Crippen molar-refractivity contribution < 1.29 is 4.79 Å². The molecule has 4 heteroatoms. The molecule has 0 aromatic carbocycles. The molecule has 1 rings (SSSR count). The van der Waals surface area contributed by atoms with Crippen LogP contribution < -0.4 is 5.43 Å². The number of nitrogens with zero attached hydrogens (tertiary/aromatic N) is 2. The summed E-state index contributed by atoms with van der Waals surface area (Å²) in [6, 6.07) is 0. The summed E-state index contributed by atoms with van der Waals surface area (Å²) in [7, 11) is 5.88. The highest BCUT2D eigenvalue weighted by molar-refractivity contribution is 5.78. The number of likely N-dealkylation sites (N-methyl/N-ethyl adjacent to an activating group) is 1. The maximum absolute atomic E-state index is 12.2. The SMILES string of the molecule is CNN(CCN(C)C)C(=O)C1CCCCC1. The maximum atomic E-state index is 12.2. The Morgan fingerprint density at radius 1 is 1.19 bits per heavy atom. The first kappa shape index (κ1) is 13.5. The second kappa shape index (κ2) is 6.86. The first-order chi connectivity index (χ1) is 7.65. The molecule has 1 aliphatic rings. The van der Waals surface area contributed by atoms with E-state index >= 15 is 0 Å². The highest BCUT2D eigenvalue weighted by Crippen LogP contribution is 2.24. The molecule has 0 heterocycles. The van der Waals surface area contributed by atoms with Gasteiger partial charge in [0.2, 0.25) is 5.91 Å². The Kier molecular flexibility index (Phi) is 5.77. The quantitative estimate of drug-likeness (QED) is 0.714. The highest BCUT2D eigenvalue weighted by atomic mass is 16.2. The van der Waals surface area contributed by atoms with Crippen LogP contribution in [-0.2, 0) is 4.79 Å². The zero-order valence-electron chi connectivity index (χ0n) is 10.8. The van der Waals surface area contributed by atoms with Crippen LogP contribution in [0.4, 0.5) is 0 Å². The zero-order valence-corrected chi connectivity index (χ0v) is 10.8. The molecule has 0 spiro atoms. The predicted molar refractivity (Wildman–Crippen MR) is 65.9 cm³/mol. The lowest BCUT2D eigenvalue weighted by Crippen LogP contribution is -2.47. The third-order valence-electron chi connectivity index (χ3n) is 3.26. The van der Waals surface area contributed by atoms with Crippen LogP contribution in [0.2, 0.25) is 0 Å². The minimum Gasteiger partial charge on any atom is -0.308 e. The van der Waals surface area contributed by atoms with Gasteiger partial charge >= 0.3 is 0 Å². The van der Waals surface area contributed by atoms with E-state index in [-0.39, 0.29) is 11.8 Å². The van der Waals surface area contributed by atoms with E-state index in [1.165, 1.54) is 19.3 Å². The van der Waals surface area contributed by atoms with Crippen LogP contribution in [0, 0.1) is 5.92 Å². The van der Waals surface area contributed by atoms with E-state index in [0.29, 0.717) is 0 Å². The smallest absolute Gasteiger partial charge is 0.239 e. The van der Waals surface area contributed by atoms with Crippen molar-refractivity contribution in [1.29, 1.82) is 0 Å². The summed E-state index contributed by atoms with van der Waals surface area (Å²) in [4.78, 5) is 14.3. The van der Waals surface area contributed by atoms with Crippen LogP contribution >= 0.6 is 0 Å². The third kappa shape index (κ3) is 4.10. The van der Waals surface area contributed by atoms with Gasteiger partial charge in [0.05, 0.1) is 0 Å². The fourth-order valence-electron chi connectivity index (χ4n) is 2.20. The average Bonchev–Trinajstić information content (AvgIpc) is 2.30. The summed E-state index contributed by atoms with van der Waals surface area (Å²) in [6.07, 6.45) is 5.85. The molecule has 1 amide bonds. The molecule has 0 aromatic rings. The number of hydrazine groups is 1. The van der Waals surface area contributed by atoms with Gasteiger partial charge in [-0.1, -0.05) is 19.3 Å². The van der Waals surface area contributed by atoms with Crippen molar-refractivity contribution in [2.45, 2.75) is 32.1 Å². The van der Waals surface area contributed by atoms with Crippen molar-refractivity contribution in [3.05, 3.63) is 0 Å². The third-order valence-corrected chi connectivity index (χ3v) is 3.26. The molecule has 1 aliphatic carbocycles. The van der Waals surface area contributed by atoms with Gasteiger partial charge in [-0.2, -0.15) is 0 Å². The van der Waals surface area contributed by atoms with Crippen molar-refractivity contribution in [3.63, 3.8) is 0 Å². The summed E-state index contributed by atoms with van der Waals surface area (Å²) in [5.74, 6) is 0.535. The Morgan fingerprint density at radius 2 is 1.81 bits per heavy atom. The Balaban J connectivity index is 2.41. The van der Waals surface area contributed by atoms with Crippen molar-refractivity contribution in [3.8, 4) is 0 Å². The zero-order chi connectivity index (χ0) is 12.0. The van der Waals surface area contributed by atoms with E-state index in [2.05, 4.69) is 10.3 Å². The molecule has 1 saturated carbocycles. The molecule has 1 N–H and O–H groups in total. The molecule has 94 valence electrons. The lowest BCUT2D eigenvalue weighted by atomic mass is 9.88. The number of carbonyl (C=O) groups is 1. The minimum absolute atomic E-state index is 0.253. The molecule has 0 saturated heterocycles. The molecule has 0 aromatic heterocycles. The first-order valence-corrected chi connectivity index (χ1v) is 6.28. The van der Waals surface area contributed by atoms with E-state index in [9.17, 15) is 4.79 Å². The number of hydrogen-bond donors (Lipinski definition) is 1. The van der Waals surface area contributed by atoms with Gasteiger partial charge in [0.25, 0.3) is 0 Å². The van der Waals surface area contributed by atoms with Crippen molar-refractivity contribution in [1.82, 2.24) is 15.3 Å². The number of rotatable bonds is 5. The van der Waals surface area contributed by atoms with Gasteiger partial charge in [-0.25, -0.2) is 5.43 Å². The largest absolute Gasteiger partial charge is 0.308 e. The number of amides is 1. The first-order valence-electron chi connectivity index (χ1n) is 6.28. The van der Waals surface area contributed by atoms with Crippen LogP contribution in [0.1, 0.15) is 32.1 Å². The maximum Gasteiger partial charge on any atom is 0.239 e.